The Labute approximate surface area is 146 Å². The van der Waals surface area contributed by atoms with Gasteiger partial charge in [-0.05, 0) is 0 Å². The van der Waals surface area contributed by atoms with Crippen molar-refractivity contribution in [1.29, 1.82) is 0 Å². The molecule has 0 spiro atoms. The van der Waals surface area contributed by atoms with E-state index < -0.39 is 21.1 Å². The average Bonchev–Trinajstić information content (AvgIpc) is 2.51. The molecular formula is C18H30ClNSn. The summed E-state index contributed by atoms with van der Waals surface area (Å²) in [7, 11) is 0. The minimum absolute atomic E-state index is 0.608. The summed E-state index contributed by atoms with van der Waals surface area (Å²) in [6.45, 7) is 6.94. The number of rotatable bonds is 11. The molecule has 0 bridgehead atoms. The molecule has 0 aliphatic heterocycles. The van der Waals surface area contributed by atoms with E-state index >= 15 is 0 Å². The van der Waals surface area contributed by atoms with Crippen LogP contribution in [-0.2, 0) is 0 Å². The summed E-state index contributed by atoms with van der Waals surface area (Å²) in [4.78, 5) is 4.16. The van der Waals surface area contributed by atoms with Crippen LogP contribution in [-0.4, -0.2) is 26.1 Å². The van der Waals surface area contributed by atoms with E-state index in [0.717, 1.165) is 5.02 Å². The van der Waals surface area contributed by atoms with Gasteiger partial charge in [0.05, 0.1) is 0 Å². The second kappa shape index (κ2) is 10.9. The summed E-state index contributed by atoms with van der Waals surface area (Å²) in [5.74, 6) is 0. The number of pyridine rings is 1. The summed E-state index contributed by atoms with van der Waals surface area (Å²) in [6, 6.07) is 2.19. The van der Waals surface area contributed by atoms with E-state index in [2.05, 4.69) is 31.8 Å². The molecule has 1 aromatic heterocycles. The van der Waals surface area contributed by atoms with Crippen LogP contribution in [0.2, 0.25) is 8.45 Å². The van der Waals surface area contributed by atoms with Crippen LogP contribution in [0.4, 0.5) is 0 Å². The molecule has 3 heteroatoms. The van der Waals surface area contributed by atoms with Crippen molar-refractivity contribution in [3.63, 3.8) is 0 Å². The number of unbranched alkanes of at least 4 members (excludes halogenated alkanes) is 3. The Morgan fingerprint density at radius 1 is 1.00 bits per heavy atom. The maximum atomic E-state index is 6.41. The van der Waals surface area contributed by atoms with Crippen LogP contribution in [0.1, 0.15) is 78.6 Å². The van der Waals surface area contributed by atoms with Crippen molar-refractivity contribution in [2.45, 2.75) is 82.0 Å². The van der Waals surface area contributed by atoms with Gasteiger partial charge in [-0.15, -0.1) is 0 Å². The molecule has 21 heavy (non-hydrogen) atoms. The Bertz CT molecular complexity index is 373. The third-order valence-corrected chi connectivity index (χ3v) is 10.6. The number of nitrogens with zero attached hydrogens (tertiary/aromatic N) is 1. The van der Waals surface area contributed by atoms with Gasteiger partial charge in [0, 0.05) is 0 Å². The fraction of sp³-hybridized carbons (Fsp3) is 0.722. The molecule has 1 nitrogen and oxygen atoms in total. The van der Waals surface area contributed by atoms with E-state index in [4.69, 9.17) is 11.6 Å². The van der Waals surface area contributed by atoms with Crippen LogP contribution >= 0.6 is 11.6 Å². The average molecular weight is 415 g/mol. The molecule has 0 saturated carbocycles. The molecule has 1 heterocycles. The molecule has 0 fully saturated rings. The first-order valence-corrected chi connectivity index (χ1v) is 11.8. The van der Waals surface area contributed by atoms with Gasteiger partial charge in [0.25, 0.3) is 0 Å². The molecule has 0 unspecified atom stereocenters. The normalized spacial score (nSPS) is 11.8. The van der Waals surface area contributed by atoms with Crippen molar-refractivity contribution >= 4 is 36.3 Å². The van der Waals surface area contributed by atoms with Crippen molar-refractivity contribution in [2.24, 2.45) is 0 Å². The molecule has 0 aliphatic carbocycles. The van der Waals surface area contributed by atoms with Gasteiger partial charge in [0.15, 0.2) is 0 Å². The first-order valence-electron chi connectivity index (χ1n) is 8.55. The number of aromatic nitrogens is 1. The van der Waals surface area contributed by atoms with Gasteiger partial charge in [-0.2, -0.15) is 0 Å². The van der Waals surface area contributed by atoms with Gasteiger partial charge >= 0.3 is 147 Å². The molecule has 0 aliphatic rings. The van der Waals surface area contributed by atoms with Crippen LogP contribution in [0.15, 0.2) is 18.5 Å². The van der Waals surface area contributed by atoms with Crippen molar-refractivity contribution in [3.05, 3.63) is 23.5 Å². The summed E-state index contributed by atoms with van der Waals surface area (Å²) in [5, 5.41) is 0.915. The molecule has 2 radical (unpaired) electrons. The molecule has 0 atom stereocenters. The van der Waals surface area contributed by atoms with Gasteiger partial charge in [-0.1, -0.05) is 0 Å². The van der Waals surface area contributed by atoms with E-state index in [1.54, 1.807) is 0 Å². The van der Waals surface area contributed by atoms with Crippen LogP contribution in [0.5, 0.6) is 0 Å². The predicted octanol–water partition coefficient (Wildman–Crippen LogP) is 5.79. The summed E-state index contributed by atoms with van der Waals surface area (Å²) in [5.41, 5.74) is 0. The van der Waals surface area contributed by atoms with Crippen LogP contribution in [0, 0.1) is 0 Å². The Morgan fingerprint density at radius 2 is 1.52 bits per heavy atom. The van der Waals surface area contributed by atoms with Gasteiger partial charge < -0.3 is 0 Å². The maximum absolute atomic E-state index is 6.41. The molecule has 1 rings (SSSR count). The fourth-order valence-electron chi connectivity index (χ4n) is 2.87. The fourth-order valence-corrected chi connectivity index (χ4v) is 8.50. The Kier molecular flexibility index (Phi) is 9.99. The molecular weight excluding hydrogens is 384 g/mol. The van der Waals surface area contributed by atoms with Crippen LogP contribution in [0.25, 0.3) is 0 Å². The first-order chi connectivity index (χ1) is 10.2. The van der Waals surface area contributed by atoms with Crippen molar-refractivity contribution in [1.82, 2.24) is 4.98 Å². The first kappa shape index (κ1) is 19.3. The zero-order valence-corrected chi connectivity index (χ0v) is 17.5. The second-order valence-corrected chi connectivity index (χ2v) is 11.8. The minimum atomic E-state index is -0.699. The Balaban J connectivity index is 2.92. The third kappa shape index (κ3) is 6.90. The van der Waals surface area contributed by atoms with E-state index in [9.17, 15) is 0 Å². The Morgan fingerprint density at radius 3 is 1.95 bits per heavy atom. The van der Waals surface area contributed by atoms with Crippen LogP contribution < -0.4 is 3.58 Å². The number of halogens is 1. The van der Waals surface area contributed by atoms with E-state index in [0.29, 0.717) is 3.43 Å². The molecule has 1 aromatic rings. The van der Waals surface area contributed by atoms with Crippen molar-refractivity contribution in [3.8, 4) is 0 Å². The van der Waals surface area contributed by atoms with E-state index in [1.165, 1.54) is 61.4 Å². The quantitative estimate of drug-likeness (QED) is 0.417. The third-order valence-electron chi connectivity index (χ3n) is 4.20. The molecule has 0 saturated heterocycles. The van der Waals surface area contributed by atoms with Gasteiger partial charge in [0.1, 0.15) is 0 Å². The number of hydrogen-bond acceptors (Lipinski definition) is 1. The monoisotopic (exact) mass is 415 g/mol. The standard InChI is InChI=1S/C13H27.C5H3ClN.Sn/c1-4-7-10-13(11-8-5-2)12-9-6-3;6-5-2-1-3-7-4-5;/h4-12H2,1-3H3;1,3-4H;. The van der Waals surface area contributed by atoms with Gasteiger partial charge in [0.2, 0.25) is 0 Å². The van der Waals surface area contributed by atoms with E-state index in [1.807, 2.05) is 12.4 Å². The van der Waals surface area contributed by atoms with Gasteiger partial charge in [-0.3, -0.25) is 0 Å². The van der Waals surface area contributed by atoms with Crippen molar-refractivity contribution < 1.29 is 0 Å². The van der Waals surface area contributed by atoms with E-state index in [-0.39, 0.29) is 0 Å². The zero-order valence-electron chi connectivity index (χ0n) is 13.9. The molecule has 0 N–H and O–H groups in total. The molecule has 118 valence electrons. The second-order valence-electron chi connectivity index (χ2n) is 6.07. The van der Waals surface area contributed by atoms with Gasteiger partial charge in [-0.25, -0.2) is 0 Å². The SMILES string of the molecule is CCCC[C](CCCC)(CCCC)[Sn][c]1ccncc1Cl. The number of hydrogen-bond donors (Lipinski definition) is 0. The van der Waals surface area contributed by atoms with Crippen LogP contribution in [0.3, 0.4) is 0 Å². The predicted molar refractivity (Wildman–Crippen MR) is 95.9 cm³/mol. The Hall–Kier alpha value is 0.239. The summed E-state index contributed by atoms with van der Waals surface area (Å²) >= 11 is 5.71. The van der Waals surface area contributed by atoms with Crippen molar-refractivity contribution in [2.75, 3.05) is 0 Å². The summed E-state index contributed by atoms with van der Waals surface area (Å²) in [6.07, 6.45) is 16.0. The zero-order chi connectivity index (χ0) is 15.6. The molecule has 0 amide bonds. The molecule has 0 aromatic carbocycles. The topological polar surface area (TPSA) is 12.9 Å². The summed E-state index contributed by atoms with van der Waals surface area (Å²) < 4.78 is 2.06.